The zero-order valence-electron chi connectivity index (χ0n) is 9.59. The van der Waals surface area contributed by atoms with Gasteiger partial charge in [0.2, 0.25) is 5.91 Å². The van der Waals surface area contributed by atoms with E-state index in [0.717, 1.165) is 12.3 Å². The molecule has 2 rings (SSSR count). The number of hydrogen-bond donors (Lipinski definition) is 2. The lowest BCUT2D eigenvalue weighted by Gasteiger charge is -2.16. The molecule has 1 atom stereocenters. The van der Waals surface area contributed by atoms with E-state index in [4.69, 9.17) is 0 Å². The fraction of sp³-hybridized carbons (Fsp3) is 0.917. The fourth-order valence-electron chi connectivity index (χ4n) is 1.89. The van der Waals surface area contributed by atoms with Crippen LogP contribution in [0.2, 0.25) is 0 Å². The van der Waals surface area contributed by atoms with E-state index in [1.54, 1.807) is 0 Å². The van der Waals surface area contributed by atoms with Crippen LogP contribution in [0.15, 0.2) is 0 Å². The van der Waals surface area contributed by atoms with Crippen LogP contribution in [0.3, 0.4) is 0 Å². The summed E-state index contributed by atoms with van der Waals surface area (Å²) < 4.78 is 0. The molecular formula is C12H22N2O. The summed E-state index contributed by atoms with van der Waals surface area (Å²) in [6.07, 6.45) is 7.52. The molecule has 0 aromatic rings. The highest BCUT2D eigenvalue weighted by Crippen LogP contribution is 2.33. The molecule has 0 heterocycles. The van der Waals surface area contributed by atoms with E-state index >= 15 is 0 Å². The largest absolute Gasteiger partial charge is 0.352 e. The van der Waals surface area contributed by atoms with Crippen LogP contribution in [0.5, 0.6) is 0 Å². The normalized spacial score (nSPS) is 22.5. The Hall–Kier alpha value is -0.570. The van der Waals surface area contributed by atoms with Crippen molar-refractivity contribution >= 4 is 5.91 Å². The second-order valence-electron chi connectivity index (χ2n) is 5.01. The average molecular weight is 210 g/mol. The van der Waals surface area contributed by atoms with Gasteiger partial charge >= 0.3 is 0 Å². The molecule has 0 radical (unpaired) electrons. The Morgan fingerprint density at radius 3 is 2.60 bits per heavy atom. The van der Waals surface area contributed by atoms with Crippen molar-refractivity contribution < 1.29 is 4.79 Å². The maximum atomic E-state index is 11.4. The fourth-order valence-corrected chi connectivity index (χ4v) is 1.89. The van der Waals surface area contributed by atoms with Gasteiger partial charge in [-0.1, -0.05) is 19.8 Å². The molecule has 1 unspecified atom stereocenters. The topological polar surface area (TPSA) is 41.1 Å². The van der Waals surface area contributed by atoms with E-state index in [-0.39, 0.29) is 5.91 Å². The van der Waals surface area contributed by atoms with Gasteiger partial charge in [0.05, 0.1) is 6.54 Å². The molecule has 0 aromatic carbocycles. The molecule has 2 saturated carbocycles. The summed E-state index contributed by atoms with van der Waals surface area (Å²) in [4.78, 5) is 11.4. The molecule has 0 aliphatic heterocycles. The van der Waals surface area contributed by atoms with Gasteiger partial charge in [-0.05, 0) is 31.6 Å². The second kappa shape index (κ2) is 4.97. The van der Waals surface area contributed by atoms with Gasteiger partial charge < -0.3 is 10.6 Å². The third-order valence-corrected chi connectivity index (χ3v) is 3.30. The smallest absolute Gasteiger partial charge is 0.234 e. The van der Waals surface area contributed by atoms with Crippen LogP contribution in [0, 0.1) is 5.92 Å². The van der Waals surface area contributed by atoms with Crippen LogP contribution in [-0.2, 0) is 4.79 Å². The quantitative estimate of drug-likeness (QED) is 0.667. The van der Waals surface area contributed by atoms with Crippen molar-refractivity contribution in [1.29, 1.82) is 0 Å². The lowest BCUT2D eigenvalue weighted by Crippen LogP contribution is -2.39. The molecular weight excluding hydrogens is 188 g/mol. The maximum absolute atomic E-state index is 11.4. The van der Waals surface area contributed by atoms with Gasteiger partial charge in [0.1, 0.15) is 0 Å². The predicted molar refractivity (Wildman–Crippen MR) is 60.6 cm³/mol. The van der Waals surface area contributed by atoms with Crippen LogP contribution < -0.4 is 10.6 Å². The van der Waals surface area contributed by atoms with Crippen LogP contribution in [-0.4, -0.2) is 24.5 Å². The maximum Gasteiger partial charge on any atom is 0.234 e. The average Bonchev–Trinajstić information content (AvgIpc) is 3.06. The van der Waals surface area contributed by atoms with E-state index in [1.165, 1.54) is 32.1 Å². The minimum atomic E-state index is 0.173. The Morgan fingerprint density at radius 1 is 1.33 bits per heavy atom. The minimum absolute atomic E-state index is 0.173. The lowest BCUT2D eigenvalue weighted by molar-refractivity contribution is -0.120. The van der Waals surface area contributed by atoms with Crippen LogP contribution in [0.4, 0.5) is 0 Å². The molecule has 2 fully saturated rings. The first-order valence-electron chi connectivity index (χ1n) is 6.30. The van der Waals surface area contributed by atoms with E-state index < -0.39 is 0 Å². The van der Waals surface area contributed by atoms with Crippen molar-refractivity contribution in [3.05, 3.63) is 0 Å². The number of carbonyl (C=O) groups is 1. The van der Waals surface area contributed by atoms with Crippen LogP contribution in [0.25, 0.3) is 0 Å². The minimum Gasteiger partial charge on any atom is -0.352 e. The molecule has 2 aliphatic rings. The Kier molecular flexibility index (Phi) is 3.62. The summed E-state index contributed by atoms with van der Waals surface area (Å²) in [5.74, 6) is 1.11. The Balaban J connectivity index is 1.58. The first kappa shape index (κ1) is 10.9. The summed E-state index contributed by atoms with van der Waals surface area (Å²) in [6, 6.07) is 1.03. The highest BCUT2D eigenvalue weighted by atomic mass is 16.2. The molecule has 15 heavy (non-hydrogen) atoms. The number of hydrogen-bond acceptors (Lipinski definition) is 2. The van der Waals surface area contributed by atoms with E-state index in [1.807, 2.05) is 0 Å². The molecule has 0 spiro atoms. The summed E-state index contributed by atoms with van der Waals surface area (Å²) >= 11 is 0. The third-order valence-electron chi connectivity index (χ3n) is 3.30. The first-order chi connectivity index (χ1) is 7.28. The molecule has 3 nitrogen and oxygen atoms in total. The van der Waals surface area contributed by atoms with E-state index in [9.17, 15) is 4.79 Å². The zero-order chi connectivity index (χ0) is 10.7. The lowest BCUT2D eigenvalue weighted by atomic mass is 10.1. The molecule has 86 valence electrons. The zero-order valence-corrected chi connectivity index (χ0v) is 9.59. The van der Waals surface area contributed by atoms with Crippen molar-refractivity contribution in [2.24, 2.45) is 5.92 Å². The molecule has 0 aromatic heterocycles. The van der Waals surface area contributed by atoms with Crippen LogP contribution in [0.1, 0.15) is 45.4 Å². The van der Waals surface area contributed by atoms with Gasteiger partial charge in [0.15, 0.2) is 0 Å². The van der Waals surface area contributed by atoms with Crippen molar-refractivity contribution in [1.82, 2.24) is 10.6 Å². The highest BCUT2D eigenvalue weighted by Gasteiger charge is 2.26. The Bertz CT molecular complexity index is 222. The van der Waals surface area contributed by atoms with Crippen LogP contribution >= 0.6 is 0 Å². The van der Waals surface area contributed by atoms with Gasteiger partial charge in [-0.3, -0.25) is 4.79 Å². The Labute approximate surface area is 92.0 Å². The molecule has 2 N–H and O–H groups in total. The Morgan fingerprint density at radius 2 is 2.07 bits per heavy atom. The molecule has 0 bridgehead atoms. The summed E-state index contributed by atoms with van der Waals surface area (Å²) in [6.45, 7) is 2.70. The number of amides is 1. The summed E-state index contributed by atoms with van der Waals surface area (Å²) in [5, 5.41) is 6.36. The van der Waals surface area contributed by atoms with Gasteiger partial charge in [-0.25, -0.2) is 0 Å². The number of nitrogens with one attached hydrogen (secondary N) is 2. The summed E-state index contributed by atoms with van der Waals surface area (Å²) in [5.41, 5.74) is 0. The van der Waals surface area contributed by atoms with Crippen molar-refractivity contribution in [3.8, 4) is 0 Å². The molecule has 0 saturated heterocycles. The van der Waals surface area contributed by atoms with Gasteiger partial charge in [0, 0.05) is 12.1 Å². The highest BCUT2D eigenvalue weighted by molar-refractivity contribution is 5.78. The van der Waals surface area contributed by atoms with Crippen molar-refractivity contribution in [2.45, 2.75) is 57.5 Å². The van der Waals surface area contributed by atoms with Crippen molar-refractivity contribution in [2.75, 3.05) is 6.54 Å². The predicted octanol–water partition coefficient (Wildman–Crippen LogP) is 1.43. The molecule has 3 heteroatoms. The van der Waals surface area contributed by atoms with Crippen molar-refractivity contribution in [3.63, 3.8) is 0 Å². The third kappa shape index (κ3) is 4.20. The van der Waals surface area contributed by atoms with E-state index in [0.29, 0.717) is 18.6 Å². The van der Waals surface area contributed by atoms with Gasteiger partial charge in [-0.2, -0.15) is 0 Å². The monoisotopic (exact) mass is 210 g/mol. The number of rotatable bonds is 7. The summed E-state index contributed by atoms with van der Waals surface area (Å²) in [7, 11) is 0. The van der Waals surface area contributed by atoms with Gasteiger partial charge in [0.25, 0.3) is 0 Å². The SMILES string of the molecule is CCC(CC1CC1)NCC(=O)NC1CC1. The van der Waals surface area contributed by atoms with Gasteiger partial charge in [-0.15, -0.1) is 0 Å². The second-order valence-corrected chi connectivity index (χ2v) is 5.01. The standard InChI is InChI=1S/C12H22N2O/c1-2-10(7-9-3-4-9)13-8-12(15)14-11-5-6-11/h9-11,13H,2-8H2,1H3,(H,14,15). The molecule has 1 amide bonds. The molecule has 2 aliphatic carbocycles. The van der Waals surface area contributed by atoms with E-state index in [2.05, 4.69) is 17.6 Å². The number of carbonyl (C=O) groups excluding carboxylic acids is 1. The first-order valence-corrected chi connectivity index (χ1v) is 6.30.